The molecule has 0 aliphatic heterocycles. The molecule has 0 fully saturated rings. The molecule has 10 heteroatoms. The molecule has 7 nitrogen and oxygen atoms in total. The number of para-hydroxylation sites is 1. The van der Waals surface area contributed by atoms with E-state index in [1.54, 1.807) is 6.07 Å². The predicted molar refractivity (Wildman–Crippen MR) is 104 cm³/mol. The molecule has 0 atom stereocenters. The number of benzene rings is 1. The van der Waals surface area contributed by atoms with Gasteiger partial charge >= 0.3 is 0 Å². The quantitative estimate of drug-likeness (QED) is 0.645. The van der Waals surface area contributed by atoms with Crippen molar-refractivity contribution in [3.05, 3.63) is 51.0 Å². The summed E-state index contributed by atoms with van der Waals surface area (Å²) in [4.78, 5) is 29.3. The van der Waals surface area contributed by atoms with Crippen LogP contribution in [0.15, 0.2) is 24.4 Å². The smallest absolute Gasteiger partial charge is 0.267 e. The maximum Gasteiger partial charge on any atom is 0.267 e. The summed E-state index contributed by atoms with van der Waals surface area (Å²) < 4.78 is 0. The molecule has 1 aromatic carbocycles. The first kappa shape index (κ1) is 18.5. The number of nitrogens with zero attached hydrogens (tertiary/aromatic N) is 4. The summed E-state index contributed by atoms with van der Waals surface area (Å²) in [6, 6.07) is 5.42. The number of anilines is 3. The molecule has 0 unspecified atom stereocenters. The Morgan fingerprint density at radius 1 is 1.23 bits per heavy atom. The molecule has 26 heavy (non-hydrogen) atoms. The van der Waals surface area contributed by atoms with Crippen molar-refractivity contribution < 1.29 is 4.79 Å². The number of carbonyl (C=O) groups excluding carboxylic acids is 1. The van der Waals surface area contributed by atoms with Crippen molar-refractivity contribution in [3.63, 3.8) is 0 Å². The van der Waals surface area contributed by atoms with Crippen molar-refractivity contribution >= 4 is 57.2 Å². The van der Waals surface area contributed by atoms with E-state index in [1.165, 1.54) is 17.5 Å². The van der Waals surface area contributed by atoms with Crippen LogP contribution in [0.25, 0.3) is 0 Å². The van der Waals surface area contributed by atoms with Crippen molar-refractivity contribution in [2.75, 3.05) is 10.6 Å². The van der Waals surface area contributed by atoms with Crippen LogP contribution in [0.2, 0.25) is 10.3 Å². The minimum atomic E-state index is -0.297. The van der Waals surface area contributed by atoms with Gasteiger partial charge in [-0.25, -0.2) is 9.97 Å². The second-order valence-electron chi connectivity index (χ2n) is 5.24. The van der Waals surface area contributed by atoms with Gasteiger partial charge in [-0.15, -0.1) is 0 Å². The van der Waals surface area contributed by atoms with E-state index in [2.05, 4.69) is 30.6 Å². The number of aromatic nitrogens is 4. The topological polar surface area (TPSA) is 92.7 Å². The van der Waals surface area contributed by atoms with Gasteiger partial charge in [0.15, 0.2) is 5.13 Å². The van der Waals surface area contributed by atoms with Crippen LogP contribution in [0.3, 0.4) is 0 Å². The van der Waals surface area contributed by atoms with Crippen LogP contribution in [0.4, 0.5) is 16.8 Å². The van der Waals surface area contributed by atoms with Gasteiger partial charge in [0.2, 0.25) is 11.2 Å². The molecule has 0 radical (unpaired) electrons. The van der Waals surface area contributed by atoms with Gasteiger partial charge in [0, 0.05) is 6.42 Å². The number of halogens is 2. The molecule has 3 rings (SSSR count). The Balaban J connectivity index is 1.75. The van der Waals surface area contributed by atoms with Crippen LogP contribution in [0.5, 0.6) is 0 Å². The third-order valence-electron chi connectivity index (χ3n) is 3.38. The van der Waals surface area contributed by atoms with E-state index in [9.17, 15) is 4.79 Å². The van der Waals surface area contributed by atoms with Crippen molar-refractivity contribution in [1.82, 2.24) is 19.9 Å². The molecule has 0 spiro atoms. The molecule has 0 saturated carbocycles. The lowest BCUT2D eigenvalue weighted by Crippen LogP contribution is -2.11. The monoisotopic (exact) mass is 408 g/mol. The summed E-state index contributed by atoms with van der Waals surface area (Å²) in [5.74, 6) is 0.552. The highest BCUT2D eigenvalue weighted by molar-refractivity contribution is 7.17. The van der Waals surface area contributed by atoms with Crippen LogP contribution in [0.1, 0.15) is 28.0 Å². The van der Waals surface area contributed by atoms with Gasteiger partial charge in [0.25, 0.3) is 5.91 Å². The maximum absolute atomic E-state index is 12.4. The number of aryl methyl sites for hydroxylation is 2. The minimum absolute atomic E-state index is 0.100. The summed E-state index contributed by atoms with van der Waals surface area (Å²) in [7, 11) is 0. The van der Waals surface area contributed by atoms with E-state index < -0.39 is 0 Å². The fourth-order valence-corrected chi connectivity index (χ4v) is 3.25. The normalized spacial score (nSPS) is 10.6. The predicted octanol–water partition coefficient (Wildman–Crippen LogP) is 4.50. The fraction of sp³-hybridized carbons (Fsp3) is 0.188. The molecule has 0 bridgehead atoms. The molecule has 2 heterocycles. The van der Waals surface area contributed by atoms with E-state index in [1.807, 2.05) is 26.0 Å². The maximum atomic E-state index is 12.4. The van der Waals surface area contributed by atoms with Gasteiger partial charge in [0.05, 0.1) is 16.9 Å². The first-order chi connectivity index (χ1) is 12.5. The molecule has 0 aliphatic rings. The van der Waals surface area contributed by atoms with E-state index in [4.69, 9.17) is 23.2 Å². The Morgan fingerprint density at radius 3 is 2.77 bits per heavy atom. The molecular formula is C16H14Cl2N6OS. The van der Waals surface area contributed by atoms with Gasteiger partial charge in [-0.2, -0.15) is 9.97 Å². The number of thiazole rings is 1. The molecular weight excluding hydrogens is 395 g/mol. The highest BCUT2D eigenvalue weighted by Crippen LogP contribution is 2.27. The van der Waals surface area contributed by atoms with Gasteiger partial charge in [0.1, 0.15) is 10.7 Å². The fourth-order valence-electron chi connectivity index (χ4n) is 2.10. The van der Waals surface area contributed by atoms with Crippen LogP contribution in [0, 0.1) is 6.92 Å². The van der Waals surface area contributed by atoms with E-state index in [0.717, 1.165) is 5.56 Å². The zero-order chi connectivity index (χ0) is 18.7. The van der Waals surface area contributed by atoms with E-state index >= 15 is 0 Å². The summed E-state index contributed by atoms with van der Waals surface area (Å²) in [6.45, 7) is 3.79. The Morgan fingerprint density at radius 2 is 2.04 bits per heavy atom. The molecule has 1 amide bonds. The Labute approximate surface area is 163 Å². The number of nitrogens with one attached hydrogen (secondary N) is 2. The van der Waals surface area contributed by atoms with Gasteiger partial charge in [-0.3, -0.25) is 10.1 Å². The van der Waals surface area contributed by atoms with Gasteiger partial charge < -0.3 is 5.32 Å². The molecule has 2 aromatic heterocycles. The molecule has 2 N–H and O–H groups in total. The Hall–Kier alpha value is -2.29. The number of rotatable bonds is 5. The zero-order valence-corrected chi connectivity index (χ0v) is 16.2. The Kier molecular flexibility index (Phi) is 5.65. The standard InChI is InChI=1S/C16H14Cl2N6OS/c1-3-11-20-14(18)23-15(21-11)24-16-19-7-10(26-16)13(25)22-12-8(2)5-4-6-9(12)17/h4-7H,3H2,1-2H3,(H,22,25)(H,19,20,21,23,24). The summed E-state index contributed by atoms with van der Waals surface area (Å²) in [6.07, 6.45) is 2.09. The average Bonchev–Trinajstić information content (AvgIpc) is 3.06. The minimum Gasteiger partial charge on any atom is -0.320 e. The van der Waals surface area contributed by atoms with Crippen LogP contribution in [-0.4, -0.2) is 25.8 Å². The number of carbonyl (C=O) groups is 1. The summed E-state index contributed by atoms with van der Waals surface area (Å²) >= 11 is 13.2. The first-order valence-electron chi connectivity index (χ1n) is 7.66. The van der Waals surface area contributed by atoms with E-state index in [0.29, 0.717) is 33.0 Å². The number of hydrogen-bond acceptors (Lipinski definition) is 7. The lowest BCUT2D eigenvalue weighted by Gasteiger charge is -2.08. The molecule has 0 saturated heterocycles. The van der Waals surface area contributed by atoms with Gasteiger partial charge in [-0.05, 0) is 30.2 Å². The van der Waals surface area contributed by atoms with Crippen LogP contribution >= 0.6 is 34.5 Å². The summed E-state index contributed by atoms with van der Waals surface area (Å²) in [5.41, 5.74) is 1.46. The highest BCUT2D eigenvalue weighted by atomic mass is 35.5. The lowest BCUT2D eigenvalue weighted by atomic mass is 10.2. The third kappa shape index (κ3) is 4.27. The largest absolute Gasteiger partial charge is 0.320 e. The third-order valence-corrected chi connectivity index (χ3v) is 4.77. The van der Waals surface area contributed by atoms with Crippen LogP contribution < -0.4 is 10.6 Å². The lowest BCUT2D eigenvalue weighted by molar-refractivity contribution is 0.103. The average molecular weight is 409 g/mol. The van der Waals surface area contributed by atoms with Gasteiger partial charge in [-0.1, -0.05) is 42.0 Å². The van der Waals surface area contributed by atoms with Crippen molar-refractivity contribution in [2.24, 2.45) is 0 Å². The van der Waals surface area contributed by atoms with Crippen molar-refractivity contribution in [3.8, 4) is 0 Å². The number of hydrogen-bond donors (Lipinski definition) is 2. The Bertz CT molecular complexity index is 941. The van der Waals surface area contributed by atoms with Crippen molar-refractivity contribution in [2.45, 2.75) is 20.3 Å². The first-order valence-corrected chi connectivity index (χ1v) is 9.23. The van der Waals surface area contributed by atoms with E-state index in [-0.39, 0.29) is 17.1 Å². The second kappa shape index (κ2) is 7.94. The van der Waals surface area contributed by atoms with Crippen LogP contribution in [-0.2, 0) is 6.42 Å². The second-order valence-corrected chi connectivity index (χ2v) is 7.01. The van der Waals surface area contributed by atoms with Crippen molar-refractivity contribution in [1.29, 1.82) is 0 Å². The number of amides is 1. The molecule has 134 valence electrons. The molecule has 0 aliphatic carbocycles. The summed E-state index contributed by atoms with van der Waals surface area (Å²) in [5, 5.41) is 6.79. The SMILES string of the molecule is CCc1nc(Cl)nc(Nc2ncc(C(=O)Nc3c(C)cccc3Cl)s2)n1. The molecule has 3 aromatic rings. The zero-order valence-electron chi connectivity index (χ0n) is 13.9. The highest BCUT2D eigenvalue weighted by Gasteiger charge is 2.14.